The molecule has 314 valence electrons. The molecule has 54 heavy (non-hydrogen) atoms. The zero-order valence-electron chi connectivity index (χ0n) is 35.0. The molecule has 0 bridgehead atoms. The molecule has 1 N–H and O–H groups in total. The SMILES string of the molecule is CCCCCCCCCCCCCC/C=C/OC[C@H](COP(=O)([O-])OCC[N+](C)(C)C)OC(=O)CCC/C=C\C/C=C\C/C=C\C=C\[C@@H](O)CCCCC. The lowest BCUT2D eigenvalue weighted by atomic mass is 10.0. The molecule has 0 saturated carbocycles. The van der Waals surface area contributed by atoms with E-state index >= 15 is 0 Å². The summed E-state index contributed by atoms with van der Waals surface area (Å²) in [5.74, 6) is -0.429. The minimum atomic E-state index is -4.57. The lowest BCUT2D eigenvalue weighted by Gasteiger charge is -2.28. The number of carbonyl (C=O) groups excluding carboxylic acids is 1. The van der Waals surface area contributed by atoms with E-state index in [2.05, 4.69) is 38.2 Å². The van der Waals surface area contributed by atoms with Gasteiger partial charge in [-0.3, -0.25) is 9.36 Å². The van der Waals surface area contributed by atoms with E-state index in [9.17, 15) is 19.4 Å². The van der Waals surface area contributed by atoms with Crippen molar-refractivity contribution in [1.82, 2.24) is 0 Å². The van der Waals surface area contributed by atoms with Crippen molar-refractivity contribution in [3.63, 3.8) is 0 Å². The normalized spacial score (nSPS) is 14.9. The van der Waals surface area contributed by atoms with Crippen LogP contribution >= 0.6 is 7.82 Å². The number of esters is 1. The summed E-state index contributed by atoms with van der Waals surface area (Å²) in [4.78, 5) is 25.0. The number of ether oxygens (including phenoxy) is 2. The van der Waals surface area contributed by atoms with Crippen molar-refractivity contribution in [2.75, 3.05) is 47.5 Å². The molecule has 3 atom stereocenters. The van der Waals surface area contributed by atoms with Crippen LogP contribution in [-0.4, -0.2) is 75.3 Å². The molecule has 0 aromatic carbocycles. The second-order valence-electron chi connectivity index (χ2n) is 15.3. The number of phosphoric acid groups is 1. The van der Waals surface area contributed by atoms with Gasteiger partial charge >= 0.3 is 5.97 Å². The molecule has 0 spiro atoms. The van der Waals surface area contributed by atoms with Crippen LogP contribution in [0, 0.1) is 0 Å². The molecule has 0 amide bonds. The van der Waals surface area contributed by atoms with Gasteiger partial charge in [0, 0.05) is 6.42 Å². The predicted octanol–water partition coefficient (Wildman–Crippen LogP) is 10.8. The zero-order chi connectivity index (χ0) is 40.0. The van der Waals surface area contributed by atoms with Crippen LogP contribution in [0.2, 0.25) is 0 Å². The van der Waals surface area contributed by atoms with E-state index in [0.29, 0.717) is 17.4 Å². The van der Waals surface area contributed by atoms with Crippen molar-refractivity contribution in [2.45, 2.75) is 167 Å². The fraction of sp³-hybridized carbons (Fsp3) is 0.750. The number of likely N-dealkylation sites (N-methyl/N-ethyl adjacent to an activating group) is 1. The highest BCUT2D eigenvalue weighted by atomic mass is 31.2. The number of allylic oxidation sites excluding steroid dienone is 8. The number of carbonyl (C=O) groups is 1. The van der Waals surface area contributed by atoms with E-state index in [-0.39, 0.29) is 32.3 Å². The van der Waals surface area contributed by atoms with E-state index in [4.69, 9.17) is 18.5 Å². The smallest absolute Gasteiger partial charge is 0.306 e. The molecule has 0 aliphatic heterocycles. The second kappa shape index (κ2) is 36.6. The van der Waals surface area contributed by atoms with Gasteiger partial charge in [0.1, 0.15) is 19.8 Å². The molecule has 0 aromatic rings. The maximum atomic E-state index is 12.6. The number of aliphatic hydroxyl groups excluding tert-OH is 1. The van der Waals surface area contributed by atoms with Crippen molar-refractivity contribution in [2.24, 2.45) is 0 Å². The van der Waals surface area contributed by atoms with Gasteiger partial charge in [-0.25, -0.2) is 0 Å². The summed E-state index contributed by atoms with van der Waals surface area (Å²) < 4.78 is 34.2. The summed E-state index contributed by atoms with van der Waals surface area (Å²) >= 11 is 0. The van der Waals surface area contributed by atoms with Gasteiger partial charge in [0.2, 0.25) is 0 Å². The maximum Gasteiger partial charge on any atom is 0.306 e. The average Bonchev–Trinajstić information content (AvgIpc) is 3.11. The number of nitrogens with zero attached hydrogens (tertiary/aromatic N) is 1. The molecular weight excluding hydrogens is 701 g/mol. The first-order valence-corrected chi connectivity index (χ1v) is 22.6. The third kappa shape index (κ3) is 39.7. The average molecular weight is 782 g/mol. The van der Waals surface area contributed by atoms with Crippen LogP contribution in [-0.2, 0) is 27.9 Å². The van der Waals surface area contributed by atoms with Crippen molar-refractivity contribution >= 4 is 13.8 Å². The maximum absolute atomic E-state index is 12.6. The van der Waals surface area contributed by atoms with Crippen molar-refractivity contribution in [3.8, 4) is 0 Å². The van der Waals surface area contributed by atoms with Crippen LogP contribution in [0.1, 0.15) is 155 Å². The number of rotatable bonds is 38. The Balaban J connectivity index is 4.47. The topological polar surface area (TPSA) is 114 Å². The molecule has 0 fully saturated rings. The van der Waals surface area contributed by atoms with Crippen LogP contribution in [0.25, 0.3) is 0 Å². The van der Waals surface area contributed by atoms with E-state index in [1.54, 1.807) is 6.26 Å². The summed E-state index contributed by atoms with van der Waals surface area (Å²) in [6, 6.07) is 0. The molecule has 1 unspecified atom stereocenters. The Hall–Kier alpha value is -2.00. The highest BCUT2D eigenvalue weighted by molar-refractivity contribution is 7.45. The van der Waals surface area contributed by atoms with Gasteiger partial charge in [0.05, 0.1) is 40.1 Å². The Bertz CT molecular complexity index is 1070. The molecule has 0 heterocycles. The number of aliphatic hydroxyl groups is 1. The molecule has 0 aliphatic rings. The van der Waals surface area contributed by atoms with E-state index in [0.717, 1.165) is 57.8 Å². The summed E-state index contributed by atoms with van der Waals surface area (Å²) in [5.41, 5.74) is 0. The lowest BCUT2D eigenvalue weighted by molar-refractivity contribution is -0.870. The molecule has 0 aromatic heterocycles. The van der Waals surface area contributed by atoms with Gasteiger partial charge < -0.3 is 33.0 Å². The first-order valence-electron chi connectivity index (χ1n) is 21.2. The summed E-state index contributed by atoms with van der Waals surface area (Å²) in [6.45, 7) is 4.51. The molecule has 0 rings (SSSR count). The quantitative estimate of drug-likeness (QED) is 0.0125. The summed E-state index contributed by atoms with van der Waals surface area (Å²) in [6.07, 6.45) is 42.3. The first kappa shape index (κ1) is 52.0. The molecule has 0 aliphatic carbocycles. The van der Waals surface area contributed by atoms with E-state index in [1.807, 2.05) is 51.5 Å². The highest BCUT2D eigenvalue weighted by Crippen LogP contribution is 2.38. The number of quaternary nitrogens is 1. The van der Waals surface area contributed by atoms with Gasteiger partial charge in [0.25, 0.3) is 7.82 Å². The van der Waals surface area contributed by atoms with Crippen molar-refractivity contribution in [3.05, 3.63) is 60.9 Å². The van der Waals surface area contributed by atoms with Gasteiger partial charge in [-0.15, -0.1) is 0 Å². The third-order valence-electron chi connectivity index (χ3n) is 8.74. The van der Waals surface area contributed by atoms with Gasteiger partial charge in [-0.2, -0.15) is 0 Å². The van der Waals surface area contributed by atoms with Crippen molar-refractivity contribution < 1.29 is 42.4 Å². The monoisotopic (exact) mass is 782 g/mol. The Morgan fingerprint density at radius 2 is 1.28 bits per heavy atom. The fourth-order valence-corrected chi connectivity index (χ4v) is 6.11. The minimum absolute atomic E-state index is 0.00384. The predicted molar refractivity (Wildman–Crippen MR) is 223 cm³/mol. The Morgan fingerprint density at radius 1 is 0.704 bits per heavy atom. The van der Waals surface area contributed by atoms with Gasteiger partial charge in [-0.05, 0) is 51.0 Å². The first-order chi connectivity index (χ1) is 26.0. The Labute approximate surface area is 331 Å². The van der Waals surface area contributed by atoms with Gasteiger partial charge in [-0.1, -0.05) is 152 Å². The van der Waals surface area contributed by atoms with Crippen LogP contribution in [0.5, 0.6) is 0 Å². The molecule has 0 saturated heterocycles. The number of hydrogen-bond acceptors (Lipinski definition) is 8. The Kier molecular flexibility index (Phi) is 35.3. The minimum Gasteiger partial charge on any atom is -0.756 e. The van der Waals surface area contributed by atoms with Crippen LogP contribution in [0.3, 0.4) is 0 Å². The standard InChI is InChI=1S/C44H80NO8P/c1-6-8-10-11-12-13-14-15-16-20-23-26-29-33-38-50-40-43(41-52-54(48,49)51-39-37-45(3,4)5)53-44(47)36-32-28-25-22-19-17-18-21-24-27-31-35-42(46)34-30-9-7-2/h17-18,22,24-25,27,31,33,35,38,42-43,46H,6-16,19-21,23,26,28-30,32,34,36-37,39-41H2,1-5H3/b18-17-,25-22-,27-24-,35-31+,38-33+/t42-,43+/m0/s1. The zero-order valence-corrected chi connectivity index (χ0v) is 35.9. The molecular formula is C44H80NO8P. The number of unbranched alkanes of at least 4 members (excludes halogenated alkanes) is 15. The van der Waals surface area contributed by atoms with Crippen LogP contribution in [0.4, 0.5) is 0 Å². The highest BCUT2D eigenvalue weighted by Gasteiger charge is 2.20. The van der Waals surface area contributed by atoms with E-state index < -0.39 is 19.9 Å². The number of hydrogen-bond donors (Lipinski definition) is 1. The second-order valence-corrected chi connectivity index (χ2v) is 16.7. The molecule has 10 heteroatoms. The molecule has 9 nitrogen and oxygen atoms in total. The van der Waals surface area contributed by atoms with Crippen molar-refractivity contribution in [1.29, 1.82) is 0 Å². The Morgan fingerprint density at radius 3 is 1.93 bits per heavy atom. The molecule has 0 radical (unpaired) electrons. The summed E-state index contributed by atoms with van der Waals surface area (Å²) in [5, 5.41) is 9.90. The number of phosphoric ester groups is 1. The lowest BCUT2D eigenvalue weighted by Crippen LogP contribution is -2.37. The van der Waals surface area contributed by atoms with E-state index in [1.165, 1.54) is 70.6 Å². The largest absolute Gasteiger partial charge is 0.756 e. The van der Waals surface area contributed by atoms with Crippen LogP contribution in [0.15, 0.2) is 60.9 Å². The summed E-state index contributed by atoms with van der Waals surface area (Å²) in [7, 11) is 1.25. The third-order valence-corrected chi connectivity index (χ3v) is 9.70. The fourth-order valence-electron chi connectivity index (χ4n) is 5.38. The van der Waals surface area contributed by atoms with Gasteiger partial charge in [0.15, 0.2) is 6.10 Å². The van der Waals surface area contributed by atoms with Crippen LogP contribution < -0.4 is 4.89 Å².